The fourth-order valence-electron chi connectivity index (χ4n) is 1.59. The molecule has 0 saturated carbocycles. The molecule has 1 aliphatic rings. The van der Waals surface area contributed by atoms with Crippen LogP contribution in [0.5, 0.6) is 5.75 Å². The number of hydrogen-bond acceptors (Lipinski definition) is 10. The Morgan fingerprint density at radius 3 is 2.31 bits per heavy atom. The molecule has 1 atom stereocenters. The molecule has 2 rings (SSSR count). The number of nitrogens with one attached hydrogen (secondary N) is 1. The van der Waals surface area contributed by atoms with Gasteiger partial charge in [-0.05, 0) is 19.9 Å². The number of carbonyl (C=O) groups is 2. The topological polar surface area (TPSA) is 149 Å². The van der Waals surface area contributed by atoms with Crippen molar-refractivity contribution >= 4 is 56.1 Å². The molecule has 0 bridgehead atoms. The first kappa shape index (κ1) is 32.2. The molecule has 0 spiro atoms. The van der Waals surface area contributed by atoms with E-state index in [1.54, 1.807) is 19.9 Å². The number of nitrogens with zero attached hydrogens (tertiary/aromatic N) is 1. The zero-order valence-electron chi connectivity index (χ0n) is 17.1. The van der Waals surface area contributed by atoms with Gasteiger partial charge in [0.2, 0.25) is 0 Å². The van der Waals surface area contributed by atoms with Crippen LogP contribution in [0.3, 0.4) is 0 Å². The highest BCUT2D eigenvalue weighted by atomic mass is 32.2. The fraction of sp³-hybridized carbons (Fsp3) is 0.412. The average Bonchev–Trinajstić information content (AvgIpc) is 3.07. The number of aromatic nitrogens is 1. The molecule has 9 nitrogen and oxygen atoms in total. The van der Waals surface area contributed by atoms with Crippen molar-refractivity contribution in [1.29, 1.82) is 0 Å². The lowest BCUT2D eigenvalue weighted by Crippen LogP contribution is -2.17. The van der Waals surface area contributed by atoms with Crippen LogP contribution in [0.25, 0.3) is 6.08 Å². The van der Waals surface area contributed by atoms with E-state index in [2.05, 4.69) is 10.3 Å². The zero-order valence-corrected chi connectivity index (χ0v) is 19.7. The third kappa shape index (κ3) is 12.7. The van der Waals surface area contributed by atoms with Gasteiger partial charge in [-0.2, -0.15) is 0 Å². The number of rotatable bonds is 4. The minimum Gasteiger partial charge on any atom is -0.505 e. The molecule has 1 aromatic rings. The van der Waals surface area contributed by atoms with Crippen molar-refractivity contribution in [3.05, 3.63) is 27.9 Å². The standard InChI is InChI=1S/C11H11N2O4PS2.C2H6O.C2H6.CH4O.CH2O/c1-5-9(14)7(6(3-12-5)4-17-18-16)2-8-10(15)13-11(19)20-8;1-2-3;3*1-2/h2-3,14,16,18H,4H2,1H3,(H,13,15,19);3H,2H2,1H3;1-2H3;2H,1H3;1H2/b8-2-;;;;. The molecule has 29 heavy (non-hydrogen) atoms. The van der Waals surface area contributed by atoms with E-state index in [-0.39, 0.29) is 24.9 Å². The Labute approximate surface area is 182 Å². The molecule has 1 amide bonds. The first-order valence-electron chi connectivity index (χ1n) is 8.22. The summed E-state index contributed by atoms with van der Waals surface area (Å²) in [4.78, 5) is 32.8. The monoisotopic (exact) mass is 468 g/mol. The third-order valence-electron chi connectivity index (χ3n) is 2.57. The smallest absolute Gasteiger partial charge is 0.263 e. The van der Waals surface area contributed by atoms with Gasteiger partial charge in [-0.15, -0.1) is 0 Å². The molecule has 0 aromatic carbocycles. The van der Waals surface area contributed by atoms with Crippen molar-refractivity contribution in [1.82, 2.24) is 10.3 Å². The third-order valence-corrected chi connectivity index (χ3v) is 4.00. The molecule has 0 aliphatic carbocycles. The summed E-state index contributed by atoms with van der Waals surface area (Å²) in [5.74, 6) is -0.323. The van der Waals surface area contributed by atoms with E-state index in [9.17, 15) is 9.90 Å². The minimum atomic E-state index is -0.662. The number of aryl methyl sites for hydroxylation is 1. The highest BCUT2D eigenvalue weighted by molar-refractivity contribution is 8.26. The van der Waals surface area contributed by atoms with Crippen molar-refractivity contribution in [3.63, 3.8) is 0 Å². The summed E-state index contributed by atoms with van der Waals surface area (Å²) < 4.78 is 5.31. The second-order valence-electron chi connectivity index (χ2n) is 4.18. The summed E-state index contributed by atoms with van der Waals surface area (Å²) in [7, 11) is 0.338. The molecular weight excluding hydrogens is 439 g/mol. The maximum Gasteiger partial charge on any atom is 0.263 e. The second-order valence-corrected chi connectivity index (χ2v) is 6.37. The normalized spacial score (nSPS) is 13.2. The van der Waals surface area contributed by atoms with Crippen LogP contribution in [0.2, 0.25) is 0 Å². The molecule has 1 saturated heterocycles. The van der Waals surface area contributed by atoms with Crippen LogP contribution in [-0.2, 0) is 20.7 Å². The molecule has 0 radical (unpaired) electrons. The second kappa shape index (κ2) is 21.3. The lowest BCUT2D eigenvalue weighted by Gasteiger charge is -2.09. The molecular formula is C17H29N2O7PS2. The highest BCUT2D eigenvalue weighted by Gasteiger charge is 2.23. The Hall–Kier alpha value is -1.46. The summed E-state index contributed by atoms with van der Waals surface area (Å²) in [5, 5.41) is 27.2. The van der Waals surface area contributed by atoms with Crippen LogP contribution in [-0.4, -0.2) is 55.9 Å². The molecule has 12 heteroatoms. The maximum absolute atomic E-state index is 11.7. The van der Waals surface area contributed by atoms with Crippen LogP contribution in [0, 0.1) is 6.92 Å². The van der Waals surface area contributed by atoms with E-state index in [0.717, 1.165) is 18.9 Å². The van der Waals surface area contributed by atoms with Gasteiger partial charge in [0, 0.05) is 31.0 Å². The van der Waals surface area contributed by atoms with Gasteiger partial charge in [0.05, 0.1) is 17.2 Å². The summed E-state index contributed by atoms with van der Waals surface area (Å²) >= 11 is 6.04. The molecule has 2 heterocycles. The van der Waals surface area contributed by atoms with E-state index >= 15 is 0 Å². The number of hydrogen-bond donors (Lipinski definition) is 5. The van der Waals surface area contributed by atoms with Gasteiger partial charge in [-0.25, -0.2) is 0 Å². The van der Waals surface area contributed by atoms with Crippen LogP contribution in [0.4, 0.5) is 0 Å². The molecule has 1 unspecified atom stereocenters. The van der Waals surface area contributed by atoms with Crippen LogP contribution in [0.1, 0.15) is 37.6 Å². The first-order chi connectivity index (χ1) is 13.9. The van der Waals surface area contributed by atoms with Gasteiger partial charge in [-0.3, -0.25) is 9.78 Å². The highest BCUT2D eigenvalue weighted by Crippen LogP contribution is 2.32. The number of amides is 1. The van der Waals surface area contributed by atoms with Crippen molar-refractivity contribution in [3.8, 4) is 5.75 Å². The Morgan fingerprint density at radius 1 is 1.38 bits per heavy atom. The van der Waals surface area contributed by atoms with Crippen LogP contribution < -0.4 is 5.32 Å². The van der Waals surface area contributed by atoms with Gasteiger partial charge >= 0.3 is 0 Å². The van der Waals surface area contributed by atoms with Gasteiger partial charge in [-0.1, -0.05) is 37.8 Å². The van der Waals surface area contributed by atoms with Crippen LogP contribution >= 0.6 is 33.0 Å². The minimum absolute atomic E-state index is 0.0221. The van der Waals surface area contributed by atoms with Gasteiger partial charge in [0.1, 0.15) is 16.9 Å². The predicted molar refractivity (Wildman–Crippen MR) is 122 cm³/mol. The van der Waals surface area contributed by atoms with E-state index in [1.165, 1.54) is 6.20 Å². The van der Waals surface area contributed by atoms with E-state index < -0.39 is 9.03 Å². The fourth-order valence-corrected chi connectivity index (χ4v) is 2.84. The van der Waals surface area contributed by atoms with Crippen molar-refractivity contribution in [2.24, 2.45) is 0 Å². The Kier molecular flexibility index (Phi) is 23.6. The van der Waals surface area contributed by atoms with Gasteiger partial charge < -0.3 is 34.8 Å². The van der Waals surface area contributed by atoms with Crippen LogP contribution in [0.15, 0.2) is 11.1 Å². The van der Waals surface area contributed by atoms with E-state index in [4.69, 9.17) is 36.6 Å². The van der Waals surface area contributed by atoms with Gasteiger partial charge in [0.15, 0.2) is 9.03 Å². The Morgan fingerprint density at radius 2 is 1.90 bits per heavy atom. The first-order valence-corrected chi connectivity index (χ1v) is 10.3. The van der Waals surface area contributed by atoms with Crippen molar-refractivity contribution < 1.29 is 34.3 Å². The summed E-state index contributed by atoms with van der Waals surface area (Å²) in [5.41, 5.74) is 1.46. The van der Waals surface area contributed by atoms with Gasteiger partial charge in [0.25, 0.3) is 5.91 Å². The number of pyridine rings is 1. The predicted octanol–water partition coefficient (Wildman–Crippen LogP) is 2.05. The number of aromatic hydroxyl groups is 1. The number of thioether (sulfide) groups is 1. The number of aliphatic hydroxyl groups excluding tert-OH is 2. The van der Waals surface area contributed by atoms with Crippen molar-refractivity contribution in [2.45, 2.75) is 34.3 Å². The zero-order chi connectivity index (χ0) is 23.4. The summed E-state index contributed by atoms with van der Waals surface area (Å²) in [6.07, 6.45) is 3.08. The largest absolute Gasteiger partial charge is 0.505 e. The molecule has 1 fully saturated rings. The SMILES string of the molecule is C=O.CC.CCO.CO.Cc1ncc(COPO)c(/C=C2\SC(=S)NC2=O)c1O. The summed E-state index contributed by atoms with van der Waals surface area (Å²) in [6, 6.07) is 0. The molecule has 5 N–H and O–H groups in total. The Bertz CT molecular complexity index is 646. The summed E-state index contributed by atoms with van der Waals surface area (Å²) in [6.45, 7) is 9.67. The molecule has 166 valence electrons. The lowest BCUT2D eigenvalue weighted by molar-refractivity contribution is -0.115. The number of carbonyl (C=O) groups excluding carboxylic acids is 2. The number of thiocarbonyl (C=S) groups is 1. The quantitative estimate of drug-likeness (QED) is 0.252. The molecule has 1 aromatic heterocycles. The van der Waals surface area contributed by atoms with E-state index in [0.29, 0.717) is 26.0 Å². The van der Waals surface area contributed by atoms with Crippen molar-refractivity contribution in [2.75, 3.05) is 13.7 Å². The van der Waals surface area contributed by atoms with E-state index in [1.807, 2.05) is 20.6 Å². The maximum atomic E-state index is 11.7. The Balaban J connectivity index is -0.000000656. The average molecular weight is 469 g/mol. The molecule has 1 aliphatic heterocycles. The lowest BCUT2D eigenvalue weighted by atomic mass is 10.1. The number of aliphatic hydroxyl groups is 2.